The van der Waals surface area contributed by atoms with Crippen molar-refractivity contribution in [2.24, 2.45) is 0 Å². The van der Waals surface area contributed by atoms with Crippen LogP contribution in [0.2, 0.25) is 0 Å². The van der Waals surface area contributed by atoms with Gasteiger partial charge in [0.1, 0.15) is 5.78 Å². The van der Waals surface area contributed by atoms with E-state index in [4.69, 9.17) is 5.11 Å². The van der Waals surface area contributed by atoms with Crippen LogP contribution in [-0.4, -0.2) is 29.4 Å². The number of nitrogens with one attached hydrogen (secondary N) is 1. The monoisotopic (exact) mass is 159 g/mol. The third-order valence-corrected chi connectivity index (χ3v) is 1.00. The number of carbonyl (C=O) groups excluding carboxylic acids is 2. The van der Waals surface area contributed by atoms with Crippen LogP contribution in [-0.2, 0) is 9.59 Å². The molecule has 1 amide bonds. The molecule has 0 aromatic heterocycles. The molecule has 0 saturated carbocycles. The first-order valence-electron chi connectivity index (χ1n) is 3.46. The van der Waals surface area contributed by atoms with Crippen molar-refractivity contribution in [3.63, 3.8) is 0 Å². The van der Waals surface area contributed by atoms with E-state index in [1.807, 2.05) is 0 Å². The molecule has 0 aromatic rings. The zero-order valence-electron chi connectivity index (χ0n) is 6.76. The summed E-state index contributed by atoms with van der Waals surface area (Å²) < 4.78 is 0. The number of aliphatic hydroxyl groups is 1. The van der Waals surface area contributed by atoms with Crippen LogP contribution in [0.3, 0.4) is 0 Å². The van der Waals surface area contributed by atoms with E-state index in [0.717, 1.165) is 0 Å². The number of aliphatic hydroxyl groups excluding tert-OH is 1. The third kappa shape index (κ3) is 6.99. The van der Waals surface area contributed by atoms with E-state index < -0.39 is 6.10 Å². The highest BCUT2D eigenvalue weighted by Crippen LogP contribution is 1.82. The molecule has 0 bridgehead atoms. The molecule has 0 unspecified atom stereocenters. The van der Waals surface area contributed by atoms with E-state index in [-0.39, 0.29) is 24.7 Å². The highest BCUT2D eigenvalue weighted by molar-refractivity contribution is 5.96. The molecule has 0 aliphatic rings. The summed E-state index contributed by atoms with van der Waals surface area (Å²) >= 11 is 0. The Balaban J connectivity index is 3.46. The Morgan fingerprint density at radius 1 is 1.55 bits per heavy atom. The quantitative estimate of drug-likeness (QED) is 0.541. The minimum absolute atomic E-state index is 0.104. The smallest absolute Gasteiger partial charge is 0.227 e. The van der Waals surface area contributed by atoms with Gasteiger partial charge in [-0.05, 0) is 13.8 Å². The second kappa shape index (κ2) is 4.85. The zero-order valence-corrected chi connectivity index (χ0v) is 6.76. The first kappa shape index (κ1) is 10.1. The van der Waals surface area contributed by atoms with Crippen molar-refractivity contribution >= 4 is 11.7 Å². The first-order chi connectivity index (χ1) is 5.02. The van der Waals surface area contributed by atoms with Gasteiger partial charge in [0.15, 0.2) is 0 Å². The first-order valence-corrected chi connectivity index (χ1v) is 3.46. The van der Waals surface area contributed by atoms with Crippen molar-refractivity contribution in [2.75, 3.05) is 6.54 Å². The minimum atomic E-state index is -0.564. The van der Waals surface area contributed by atoms with Crippen molar-refractivity contribution in [2.45, 2.75) is 26.4 Å². The summed E-state index contributed by atoms with van der Waals surface area (Å²) in [5, 5.41) is 11.1. The Bertz CT molecular complexity index is 154. The number of amides is 1. The highest BCUT2D eigenvalue weighted by atomic mass is 16.3. The molecule has 0 spiro atoms. The van der Waals surface area contributed by atoms with E-state index in [2.05, 4.69) is 5.32 Å². The fraction of sp³-hybridized carbons (Fsp3) is 0.714. The van der Waals surface area contributed by atoms with Gasteiger partial charge < -0.3 is 10.4 Å². The minimum Gasteiger partial charge on any atom is -0.392 e. The average molecular weight is 159 g/mol. The summed E-state index contributed by atoms with van der Waals surface area (Å²) in [5.41, 5.74) is 0. The molecule has 0 aromatic carbocycles. The molecular formula is C7H13NO3. The summed E-state index contributed by atoms with van der Waals surface area (Å²) in [7, 11) is 0. The summed E-state index contributed by atoms with van der Waals surface area (Å²) in [6.45, 7) is 3.11. The van der Waals surface area contributed by atoms with Gasteiger partial charge in [-0.15, -0.1) is 0 Å². The lowest BCUT2D eigenvalue weighted by molar-refractivity contribution is -0.127. The lowest BCUT2D eigenvalue weighted by Gasteiger charge is -2.04. The Labute approximate surface area is 65.6 Å². The van der Waals surface area contributed by atoms with E-state index in [0.29, 0.717) is 0 Å². The number of ketones is 1. The molecule has 1 atom stereocenters. The molecule has 11 heavy (non-hydrogen) atoms. The van der Waals surface area contributed by atoms with Gasteiger partial charge in [-0.3, -0.25) is 9.59 Å². The van der Waals surface area contributed by atoms with Gasteiger partial charge in [0.05, 0.1) is 12.5 Å². The summed E-state index contributed by atoms with van der Waals surface area (Å²) in [6, 6.07) is 0. The van der Waals surface area contributed by atoms with E-state index in [1.54, 1.807) is 6.92 Å². The van der Waals surface area contributed by atoms with Gasteiger partial charge in [0.25, 0.3) is 0 Å². The lowest BCUT2D eigenvalue weighted by atomic mass is 10.3. The molecule has 0 rings (SSSR count). The van der Waals surface area contributed by atoms with Crippen LogP contribution in [0.25, 0.3) is 0 Å². The maximum atomic E-state index is 10.7. The Hall–Kier alpha value is -0.900. The Morgan fingerprint density at radius 2 is 2.09 bits per heavy atom. The van der Waals surface area contributed by atoms with Crippen molar-refractivity contribution in [1.29, 1.82) is 0 Å². The third-order valence-electron chi connectivity index (χ3n) is 1.00. The van der Waals surface area contributed by atoms with Gasteiger partial charge in [-0.2, -0.15) is 0 Å². The summed E-state index contributed by atoms with van der Waals surface area (Å²) in [5.74, 6) is -0.508. The molecule has 0 aliphatic heterocycles. The van der Waals surface area contributed by atoms with Gasteiger partial charge in [0.2, 0.25) is 5.91 Å². The van der Waals surface area contributed by atoms with Crippen LogP contribution in [0.4, 0.5) is 0 Å². The van der Waals surface area contributed by atoms with E-state index in [9.17, 15) is 9.59 Å². The summed E-state index contributed by atoms with van der Waals surface area (Å²) in [6.07, 6.45) is -0.668. The largest absolute Gasteiger partial charge is 0.392 e. The van der Waals surface area contributed by atoms with Crippen molar-refractivity contribution in [3.8, 4) is 0 Å². The standard InChI is InChI=1S/C7H13NO3/c1-5(9)3-7(11)8-4-6(2)10/h6,10H,3-4H2,1-2H3,(H,8,11)/t6-/m0/s1. The number of hydrogen-bond acceptors (Lipinski definition) is 3. The fourth-order valence-electron chi connectivity index (χ4n) is 0.550. The van der Waals surface area contributed by atoms with Gasteiger partial charge >= 0.3 is 0 Å². The Morgan fingerprint density at radius 3 is 2.45 bits per heavy atom. The van der Waals surface area contributed by atoms with Gasteiger partial charge in [-0.1, -0.05) is 0 Å². The Kier molecular flexibility index (Phi) is 4.45. The molecule has 0 saturated heterocycles. The molecule has 0 radical (unpaired) electrons. The van der Waals surface area contributed by atoms with Crippen LogP contribution in [0.5, 0.6) is 0 Å². The molecule has 64 valence electrons. The van der Waals surface area contributed by atoms with Crippen LogP contribution in [0.1, 0.15) is 20.3 Å². The average Bonchev–Trinajstić information content (AvgIpc) is 1.82. The van der Waals surface area contributed by atoms with Gasteiger partial charge in [-0.25, -0.2) is 0 Å². The van der Waals surface area contributed by atoms with Gasteiger partial charge in [0, 0.05) is 6.54 Å². The SMILES string of the molecule is CC(=O)CC(=O)NC[C@H](C)O. The van der Waals surface area contributed by atoms with Crippen LogP contribution >= 0.6 is 0 Å². The highest BCUT2D eigenvalue weighted by Gasteiger charge is 2.04. The maximum absolute atomic E-state index is 10.7. The normalized spacial score (nSPS) is 12.3. The second-order valence-corrected chi connectivity index (χ2v) is 2.53. The number of rotatable bonds is 4. The number of hydrogen-bond donors (Lipinski definition) is 2. The molecule has 4 heteroatoms. The zero-order chi connectivity index (χ0) is 8.85. The van der Waals surface area contributed by atoms with Crippen LogP contribution in [0, 0.1) is 0 Å². The predicted octanol–water partition coefficient (Wildman–Crippen LogP) is -0.537. The number of Topliss-reactive ketones (excluding diaryl/α,β-unsaturated/α-hetero) is 1. The summed E-state index contributed by atoms with van der Waals surface area (Å²) in [4.78, 5) is 21.1. The fourth-order valence-corrected chi connectivity index (χ4v) is 0.550. The maximum Gasteiger partial charge on any atom is 0.227 e. The number of carbonyl (C=O) groups is 2. The molecule has 2 N–H and O–H groups in total. The van der Waals surface area contributed by atoms with Crippen LogP contribution in [0.15, 0.2) is 0 Å². The second-order valence-electron chi connectivity index (χ2n) is 2.53. The van der Waals surface area contributed by atoms with Crippen molar-refractivity contribution in [3.05, 3.63) is 0 Å². The molecular weight excluding hydrogens is 146 g/mol. The van der Waals surface area contributed by atoms with E-state index in [1.165, 1.54) is 6.92 Å². The molecule has 0 fully saturated rings. The molecule has 4 nitrogen and oxygen atoms in total. The predicted molar refractivity (Wildman–Crippen MR) is 40.0 cm³/mol. The lowest BCUT2D eigenvalue weighted by Crippen LogP contribution is -2.31. The van der Waals surface area contributed by atoms with Crippen molar-refractivity contribution in [1.82, 2.24) is 5.32 Å². The molecule has 0 aliphatic carbocycles. The topological polar surface area (TPSA) is 66.4 Å². The van der Waals surface area contributed by atoms with Crippen molar-refractivity contribution < 1.29 is 14.7 Å². The molecule has 0 heterocycles. The van der Waals surface area contributed by atoms with E-state index >= 15 is 0 Å². The van der Waals surface area contributed by atoms with Crippen LogP contribution < -0.4 is 5.32 Å².